The first-order valence-electron chi connectivity index (χ1n) is 13.2. The highest BCUT2D eigenvalue weighted by molar-refractivity contribution is 6.02. The average molecular weight is 583 g/mol. The highest BCUT2D eigenvalue weighted by Crippen LogP contribution is 2.37. The monoisotopic (exact) mass is 582 g/mol. The number of likely N-dealkylation sites (tertiary alicyclic amines) is 1. The molecule has 2 amide bonds. The van der Waals surface area contributed by atoms with Gasteiger partial charge in [0, 0.05) is 31.5 Å². The number of fused-ring (bicyclic) bond motifs is 1. The Hall–Kier alpha value is -4.68. The molecule has 1 fully saturated rings. The van der Waals surface area contributed by atoms with Gasteiger partial charge >= 0.3 is 6.18 Å². The molecule has 0 radical (unpaired) electrons. The summed E-state index contributed by atoms with van der Waals surface area (Å²) in [5.74, 6) is -2.53. The molecule has 8 nitrogen and oxygen atoms in total. The Morgan fingerprint density at radius 2 is 1.79 bits per heavy atom. The number of nitrogens with zero attached hydrogens (tertiary/aromatic N) is 6. The van der Waals surface area contributed by atoms with Gasteiger partial charge in [0.25, 0.3) is 5.91 Å². The van der Waals surface area contributed by atoms with Crippen molar-refractivity contribution in [1.82, 2.24) is 24.6 Å². The first kappa shape index (κ1) is 27.5. The second-order valence-electron chi connectivity index (χ2n) is 10.2. The van der Waals surface area contributed by atoms with Crippen molar-refractivity contribution < 1.29 is 31.5 Å². The molecule has 0 N–H and O–H groups in total. The van der Waals surface area contributed by atoms with Crippen molar-refractivity contribution in [2.75, 3.05) is 18.0 Å². The summed E-state index contributed by atoms with van der Waals surface area (Å²) in [5, 5.41) is 4.30. The van der Waals surface area contributed by atoms with Crippen molar-refractivity contribution in [2.45, 2.75) is 38.4 Å². The van der Waals surface area contributed by atoms with Gasteiger partial charge in [-0.25, -0.2) is 13.5 Å². The van der Waals surface area contributed by atoms with E-state index in [2.05, 4.69) is 15.1 Å². The number of carbonyl (C=O) groups is 2. The Balaban J connectivity index is 1.28. The van der Waals surface area contributed by atoms with E-state index in [0.29, 0.717) is 41.8 Å². The van der Waals surface area contributed by atoms with Crippen molar-refractivity contribution in [3.63, 3.8) is 0 Å². The molecule has 2 aromatic carbocycles. The molecule has 2 aliphatic heterocycles. The Labute approximate surface area is 236 Å². The van der Waals surface area contributed by atoms with E-state index >= 15 is 0 Å². The van der Waals surface area contributed by atoms with E-state index in [9.17, 15) is 31.5 Å². The van der Waals surface area contributed by atoms with Gasteiger partial charge in [-0.3, -0.25) is 19.6 Å². The number of aryl methyl sites for hydroxylation is 1. The summed E-state index contributed by atoms with van der Waals surface area (Å²) in [6, 6.07) is 6.94. The van der Waals surface area contributed by atoms with Crippen LogP contribution in [0.5, 0.6) is 0 Å². The molecule has 42 heavy (non-hydrogen) atoms. The second kappa shape index (κ2) is 10.3. The van der Waals surface area contributed by atoms with E-state index in [1.165, 1.54) is 34.5 Å². The zero-order valence-corrected chi connectivity index (χ0v) is 22.2. The summed E-state index contributed by atoms with van der Waals surface area (Å²) in [6.07, 6.45) is 0.135. The third-order valence-electron chi connectivity index (χ3n) is 7.61. The lowest BCUT2D eigenvalue weighted by atomic mass is 10.0. The Bertz CT molecular complexity index is 1700. The molecular formula is C29H23F5N6O2. The van der Waals surface area contributed by atoms with E-state index in [1.54, 1.807) is 19.1 Å². The lowest BCUT2D eigenvalue weighted by molar-refractivity contribution is -0.140. The van der Waals surface area contributed by atoms with Crippen LogP contribution in [0.3, 0.4) is 0 Å². The van der Waals surface area contributed by atoms with Gasteiger partial charge in [0.1, 0.15) is 17.3 Å². The highest BCUT2D eigenvalue weighted by Gasteiger charge is 2.39. The number of hydrogen-bond donors (Lipinski definition) is 0. The predicted molar refractivity (Wildman–Crippen MR) is 141 cm³/mol. The van der Waals surface area contributed by atoms with Crippen LogP contribution >= 0.6 is 0 Å². The SMILES string of the molecule is Cc1ccc2c(c1F)N(C1CCN(C(=O)c3cc(-c4cnccn4)n(-c4ccc(F)c(C(F)(F)F)c4)n3)CC1)C(=O)C2. The summed E-state index contributed by atoms with van der Waals surface area (Å²) < 4.78 is 70.4. The van der Waals surface area contributed by atoms with Crippen molar-refractivity contribution in [3.05, 3.63) is 89.0 Å². The average Bonchev–Trinajstić information content (AvgIpc) is 3.57. The number of rotatable bonds is 4. The maximum absolute atomic E-state index is 15.0. The van der Waals surface area contributed by atoms with Gasteiger partial charge in [0.05, 0.1) is 35.2 Å². The van der Waals surface area contributed by atoms with E-state index in [1.807, 2.05) is 0 Å². The van der Waals surface area contributed by atoms with Crippen LogP contribution in [0, 0.1) is 18.6 Å². The summed E-state index contributed by atoms with van der Waals surface area (Å²) in [7, 11) is 0. The van der Waals surface area contributed by atoms with Gasteiger partial charge in [-0.05, 0) is 55.2 Å². The standard InChI is InChI=1S/C29H23F5N6O2/c1-16-2-3-17-12-25(41)39(27(17)26(16)31)18-6-10-38(11-7-18)28(42)22-14-24(23-15-35-8-9-36-23)40(37-22)19-4-5-21(30)20(13-19)29(32,33)34/h2-5,8-9,13-15,18H,6-7,10-12H2,1H3. The Morgan fingerprint density at radius 1 is 1.02 bits per heavy atom. The van der Waals surface area contributed by atoms with Crippen molar-refractivity contribution in [2.24, 2.45) is 0 Å². The molecule has 0 spiro atoms. The van der Waals surface area contributed by atoms with Crippen LogP contribution in [0.15, 0.2) is 55.0 Å². The third kappa shape index (κ3) is 4.78. The zero-order chi connectivity index (χ0) is 29.8. The first-order valence-corrected chi connectivity index (χ1v) is 13.2. The lowest BCUT2D eigenvalue weighted by Gasteiger charge is -2.37. The fourth-order valence-electron chi connectivity index (χ4n) is 5.52. The maximum Gasteiger partial charge on any atom is 0.419 e. The number of anilines is 1. The molecule has 216 valence electrons. The normalized spacial score (nSPS) is 15.8. The molecule has 6 rings (SSSR count). The minimum Gasteiger partial charge on any atom is -0.337 e. The van der Waals surface area contributed by atoms with Crippen LogP contribution in [-0.2, 0) is 17.4 Å². The minimum atomic E-state index is -4.94. The number of piperidine rings is 1. The summed E-state index contributed by atoms with van der Waals surface area (Å²) in [4.78, 5) is 37.6. The van der Waals surface area contributed by atoms with E-state index in [-0.39, 0.29) is 54.2 Å². The van der Waals surface area contributed by atoms with Gasteiger partial charge in [0.2, 0.25) is 5.91 Å². The molecule has 13 heteroatoms. The van der Waals surface area contributed by atoms with Crippen LogP contribution < -0.4 is 4.90 Å². The quantitative estimate of drug-likeness (QED) is 0.312. The fraction of sp³-hybridized carbons (Fsp3) is 0.276. The zero-order valence-electron chi connectivity index (χ0n) is 22.2. The summed E-state index contributed by atoms with van der Waals surface area (Å²) in [5.41, 5.74) is 0.157. The topological polar surface area (TPSA) is 84.2 Å². The minimum absolute atomic E-state index is 0.0590. The third-order valence-corrected chi connectivity index (χ3v) is 7.61. The number of halogens is 5. The Kier molecular flexibility index (Phi) is 6.74. The molecule has 0 unspecified atom stereocenters. The van der Waals surface area contributed by atoms with Gasteiger partial charge in [-0.15, -0.1) is 0 Å². The van der Waals surface area contributed by atoms with Gasteiger partial charge in [-0.1, -0.05) is 12.1 Å². The molecule has 0 saturated carbocycles. The number of carbonyl (C=O) groups excluding carboxylic acids is 2. The van der Waals surface area contributed by atoms with Gasteiger partial charge in [0.15, 0.2) is 5.69 Å². The number of hydrogen-bond acceptors (Lipinski definition) is 5. The Morgan fingerprint density at radius 3 is 2.48 bits per heavy atom. The van der Waals surface area contributed by atoms with Crippen molar-refractivity contribution >= 4 is 17.5 Å². The molecule has 0 aliphatic carbocycles. The smallest absolute Gasteiger partial charge is 0.337 e. The molecule has 4 aromatic rings. The molecule has 2 aromatic heterocycles. The van der Waals surface area contributed by atoms with E-state index in [0.717, 1.165) is 10.7 Å². The van der Waals surface area contributed by atoms with Crippen molar-refractivity contribution in [3.8, 4) is 17.1 Å². The molecule has 0 atom stereocenters. The highest BCUT2D eigenvalue weighted by atomic mass is 19.4. The van der Waals surface area contributed by atoms with Crippen LogP contribution in [0.4, 0.5) is 27.6 Å². The van der Waals surface area contributed by atoms with E-state index < -0.39 is 29.3 Å². The molecule has 4 heterocycles. The lowest BCUT2D eigenvalue weighted by Crippen LogP contribution is -2.48. The molecule has 1 saturated heterocycles. The summed E-state index contributed by atoms with van der Waals surface area (Å²) >= 11 is 0. The number of alkyl halides is 3. The van der Waals surface area contributed by atoms with Gasteiger partial charge < -0.3 is 9.80 Å². The predicted octanol–water partition coefficient (Wildman–Crippen LogP) is 5.13. The van der Waals surface area contributed by atoms with Gasteiger partial charge in [-0.2, -0.15) is 18.3 Å². The fourth-order valence-corrected chi connectivity index (χ4v) is 5.52. The van der Waals surface area contributed by atoms with Crippen LogP contribution in [-0.4, -0.2) is 55.6 Å². The van der Waals surface area contributed by atoms with Crippen LogP contribution in [0.1, 0.15) is 40.0 Å². The molecule has 2 aliphatic rings. The maximum atomic E-state index is 15.0. The number of amides is 2. The summed E-state index contributed by atoms with van der Waals surface area (Å²) in [6.45, 7) is 2.14. The molecular weight excluding hydrogens is 559 g/mol. The molecule has 0 bridgehead atoms. The van der Waals surface area contributed by atoms with Crippen LogP contribution in [0.2, 0.25) is 0 Å². The van der Waals surface area contributed by atoms with Crippen molar-refractivity contribution in [1.29, 1.82) is 0 Å². The first-order chi connectivity index (χ1) is 20.0. The largest absolute Gasteiger partial charge is 0.419 e. The number of aromatic nitrogens is 4. The van der Waals surface area contributed by atoms with Crippen LogP contribution in [0.25, 0.3) is 17.1 Å². The number of benzene rings is 2. The second-order valence-corrected chi connectivity index (χ2v) is 10.2. The van der Waals surface area contributed by atoms with E-state index in [4.69, 9.17) is 0 Å².